The summed E-state index contributed by atoms with van der Waals surface area (Å²) in [6.07, 6.45) is -3.53. The molecule has 3 unspecified atom stereocenters. The maximum Gasteiger partial charge on any atom is 3.00 e. The second kappa shape index (κ2) is 33.7. The van der Waals surface area contributed by atoms with E-state index < -0.39 is 221 Å². The van der Waals surface area contributed by atoms with Gasteiger partial charge in [0.25, 0.3) is 0 Å². The van der Waals surface area contributed by atoms with Gasteiger partial charge in [-0.05, 0) is 31.4 Å². The van der Waals surface area contributed by atoms with Gasteiger partial charge in [-0.2, -0.15) is 0 Å². The summed E-state index contributed by atoms with van der Waals surface area (Å²) in [6, 6.07) is -0.567. The molecule has 3 amide bonds. The fourth-order valence-corrected chi connectivity index (χ4v) is 8.68. The Morgan fingerprint density at radius 1 is 0.466 bits per heavy atom. The molecule has 417 valence electrons. The Morgan fingerprint density at radius 3 is 0.945 bits per heavy atom. The van der Waals surface area contributed by atoms with E-state index in [1.807, 2.05) is 0 Å². The Kier molecular flexibility index (Phi) is 31.2. The molecular weight excluding hydrogens is 1120 g/mol. The first kappa shape index (κ1) is 67.7. The SMILES string of the molecule is O=C([O-])C(CCC(=O)N(CCO)C(CO)(CO)CO)N1CCN(C(CCC(=O)N(CCO)C(CO)(CO)CO)C(=O)[O-])Cc2cccc(n2)CN(C(CCC(=O)N(CCO)C(CO)(CO)CO)C(=O)[O-])CC1.[Gd+3]. The van der Waals surface area contributed by atoms with Gasteiger partial charge in [-0.1, -0.05) is 6.07 Å². The number of fused-ring (bicyclic) bond motifs is 2. The van der Waals surface area contributed by atoms with E-state index >= 15 is 0 Å². The Bertz CT molecular complexity index is 1750. The molecule has 12 N–H and O–H groups in total. The zero-order chi connectivity index (χ0) is 54.2. The number of pyridine rings is 1. The average molecular weight is 1190 g/mol. The maximum atomic E-state index is 13.7. The van der Waals surface area contributed by atoms with Crippen molar-refractivity contribution in [2.75, 3.05) is 125 Å². The zero-order valence-corrected chi connectivity index (χ0v) is 42.8. The molecule has 28 nitrogen and oxygen atoms in total. The van der Waals surface area contributed by atoms with Crippen LogP contribution in [0.15, 0.2) is 18.2 Å². The maximum absolute atomic E-state index is 13.7. The molecule has 1 aliphatic heterocycles. The summed E-state index contributed by atoms with van der Waals surface area (Å²) in [6.45, 7) is -14.2. The van der Waals surface area contributed by atoms with Crippen molar-refractivity contribution >= 4 is 35.6 Å². The Morgan fingerprint density at radius 2 is 0.712 bits per heavy atom. The van der Waals surface area contributed by atoms with Crippen LogP contribution in [0.25, 0.3) is 0 Å². The second-order valence-electron chi connectivity index (χ2n) is 17.6. The van der Waals surface area contributed by atoms with E-state index in [2.05, 4.69) is 4.98 Å². The van der Waals surface area contributed by atoms with Gasteiger partial charge in [-0.3, -0.25) is 34.1 Å². The molecule has 2 rings (SSSR count). The number of aliphatic hydroxyl groups excluding tert-OH is 12. The number of amides is 3. The Balaban J connectivity index is 0.0000266. The Hall–Kier alpha value is -3.31. The van der Waals surface area contributed by atoms with E-state index in [0.717, 1.165) is 14.7 Å². The van der Waals surface area contributed by atoms with Crippen molar-refractivity contribution in [1.82, 2.24) is 34.4 Å². The number of hydrogen-bond acceptors (Lipinski definition) is 25. The number of carbonyl (C=O) groups is 6. The molecular formula is C44H72GdN7O21. The largest absolute Gasteiger partial charge is 3.00 e. The van der Waals surface area contributed by atoms with Gasteiger partial charge in [0.15, 0.2) is 0 Å². The monoisotopic (exact) mass is 1190 g/mol. The number of carbonyl (C=O) groups excluding carboxylic acids is 6. The van der Waals surface area contributed by atoms with Crippen molar-refractivity contribution in [2.24, 2.45) is 0 Å². The summed E-state index contributed by atoms with van der Waals surface area (Å²) in [7, 11) is 0. The summed E-state index contributed by atoms with van der Waals surface area (Å²) in [4.78, 5) is 90.8. The first-order chi connectivity index (χ1) is 34.3. The number of nitrogens with zero attached hydrogens (tertiary/aromatic N) is 7. The van der Waals surface area contributed by atoms with Crippen molar-refractivity contribution in [3.05, 3.63) is 29.6 Å². The van der Waals surface area contributed by atoms with Crippen LogP contribution in [0, 0.1) is 39.9 Å². The molecule has 1 radical (unpaired) electrons. The summed E-state index contributed by atoms with van der Waals surface area (Å²) in [5.41, 5.74) is -5.50. The molecule has 1 aromatic rings. The van der Waals surface area contributed by atoms with Crippen LogP contribution < -0.4 is 15.3 Å². The van der Waals surface area contributed by atoms with Gasteiger partial charge < -0.3 is 106 Å². The number of aliphatic hydroxyl groups is 12. The van der Waals surface area contributed by atoms with Gasteiger partial charge >= 0.3 is 39.9 Å². The van der Waals surface area contributed by atoms with E-state index in [0.29, 0.717) is 0 Å². The summed E-state index contributed by atoms with van der Waals surface area (Å²) < 4.78 is 0. The number of β-amino-alcohol motifs (C(OH)–C–C–N with tert-alkyl or cyclic N) is 3. The third-order valence-corrected chi connectivity index (χ3v) is 13.2. The van der Waals surface area contributed by atoms with E-state index in [1.54, 1.807) is 0 Å². The molecule has 0 saturated heterocycles. The van der Waals surface area contributed by atoms with Crippen LogP contribution >= 0.6 is 0 Å². The Labute approximate surface area is 454 Å². The summed E-state index contributed by atoms with van der Waals surface area (Å²) >= 11 is 0. The van der Waals surface area contributed by atoms with Gasteiger partial charge in [0.1, 0.15) is 16.6 Å². The van der Waals surface area contributed by atoms with E-state index in [4.69, 9.17) is 0 Å². The van der Waals surface area contributed by atoms with Crippen LogP contribution in [0.2, 0.25) is 0 Å². The molecule has 1 aromatic heterocycles. The number of rotatable bonds is 33. The number of aromatic nitrogens is 1. The molecule has 3 atom stereocenters. The molecule has 2 bridgehead atoms. The zero-order valence-electron chi connectivity index (χ0n) is 40.6. The predicted molar refractivity (Wildman–Crippen MR) is 239 cm³/mol. The van der Waals surface area contributed by atoms with Crippen molar-refractivity contribution in [3.63, 3.8) is 0 Å². The number of carboxylic acids is 3. The number of aliphatic carboxylic acids is 3. The molecule has 1 aliphatic rings. The third kappa shape index (κ3) is 18.2. The minimum atomic E-state index is -1.98. The standard InChI is InChI=1S/C44H75N7O21.Gd/c52-17-14-49(42(22-55,23-56)24-57)36(64)7-4-33(39(67)68)46-10-12-47(34(40(69)70)5-8-37(65)50(15-18-53)43(25-58,26-59)27-60)20-31-2-1-3-32(45-31)21-48(13-11-46)35(41(71)72)6-9-38(66)51(16-19-54)44(28-61,29-62)30-63;/h1-3,33-35,52-63H,4-30H2,(H,67,68)(H,69,70)(H,71,72);/q;+3/p-3. The fraction of sp³-hybridized carbons (Fsp3) is 0.750. The molecule has 0 aromatic carbocycles. The first-order valence-corrected chi connectivity index (χ1v) is 23.3. The fourth-order valence-electron chi connectivity index (χ4n) is 8.68. The van der Waals surface area contributed by atoms with Crippen molar-refractivity contribution < 1.29 is 145 Å². The summed E-state index contributed by atoms with van der Waals surface area (Å²) in [5.74, 6) is -7.88. The topological polar surface area (TPSA) is 447 Å². The molecule has 0 saturated carbocycles. The number of hydrogen-bond donors (Lipinski definition) is 12. The van der Waals surface area contributed by atoms with Crippen molar-refractivity contribution in [3.8, 4) is 0 Å². The minimum Gasteiger partial charge on any atom is -0.548 e. The van der Waals surface area contributed by atoms with E-state index in [-0.39, 0.29) is 77.5 Å². The van der Waals surface area contributed by atoms with Gasteiger partial charge in [0.05, 0.1) is 121 Å². The molecule has 0 spiro atoms. The average Bonchev–Trinajstić information content (AvgIpc) is 3.36. The van der Waals surface area contributed by atoms with E-state index in [9.17, 15) is 105 Å². The van der Waals surface area contributed by atoms with Crippen LogP contribution in [0.4, 0.5) is 0 Å². The normalized spacial score (nSPS) is 15.7. The van der Waals surface area contributed by atoms with Crippen LogP contribution in [-0.2, 0) is 41.9 Å². The van der Waals surface area contributed by atoms with Crippen molar-refractivity contribution in [2.45, 2.75) is 86.4 Å². The van der Waals surface area contributed by atoms with Crippen LogP contribution in [0.3, 0.4) is 0 Å². The summed E-state index contributed by atoms with van der Waals surface area (Å²) in [5, 5.41) is 158. The smallest absolute Gasteiger partial charge is 0.548 e. The van der Waals surface area contributed by atoms with Gasteiger partial charge in [-0.25, -0.2) is 0 Å². The van der Waals surface area contributed by atoms with Crippen LogP contribution in [-0.4, -0.2) is 291 Å². The molecule has 0 fully saturated rings. The van der Waals surface area contributed by atoms with Crippen molar-refractivity contribution in [1.29, 1.82) is 0 Å². The minimum absolute atomic E-state index is 0. The van der Waals surface area contributed by atoms with Crippen LogP contribution in [0.5, 0.6) is 0 Å². The molecule has 0 aliphatic carbocycles. The van der Waals surface area contributed by atoms with Crippen LogP contribution in [0.1, 0.15) is 49.9 Å². The van der Waals surface area contributed by atoms with E-state index in [1.165, 1.54) is 32.9 Å². The predicted octanol–water partition coefficient (Wildman–Crippen LogP) is -11.7. The first-order valence-electron chi connectivity index (χ1n) is 23.3. The number of carboxylic acid groups (broad SMARTS) is 3. The molecule has 2 heterocycles. The second-order valence-corrected chi connectivity index (χ2v) is 17.6. The quantitative estimate of drug-likeness (QED) is 0.0311. The van der Waals surface area contributed by atoms with Gasteiger partial charge in [0.2, 0.25) is 17.7 Å². The van der Waals surface area contributed by atoms with Gasteiger partial charge in [-0.15, -0.1) is 0 Å². The van der Waals surface area contributed by atoms with Gasteiger partial charge in [0, 0.05) is 84.2 Å². The molecule has 29 heteroatoms. The third-order valence-electron chi connectivity index (χ3n) is 13.2. The molecule has 73 heavy (non-hydrogen) atoms.